The number of alkyl halides is 5. The molecule has 2 unspecified atom stereocenters. The van der Waals surface area contributed by atoms with Gasteiger partial charge in [0.25, 0.3) is 0 Å². The molecular formula is C20H25Cl2F3N6O6. The predicted octanol–water partition coefficient (Wildman–Crippen LogP) is 2.52. The van der Waals surface area contributed by atoms with Crippen molar-refractivity contribution in [1.29, 1.82) is 0 Å². The lowest BCUT2D eigenvalue weighted by molar-refractivity contribution is -0.192. The fourth-order valence-electron chi connectivity index (χ4n) is 3.07. The van der Waals surface area contributed by atoms with Crippen molar-refractivity contribution in [2.75, 3.05) is 19.8 Å². The molecule has 1 aliphatic carbocycles. The third-order valence-corrected chi connectivity index (χ3v) is 6.61. The largest absolute Gasteiger partial charge is 0.490 e. The molecule has 1 aliphatic rings. The molecule has 2 aromatic rings. The Bertz CT molecular complexity index is 1110. The highest BCUT2D eigenvalue weighted by Crippen LogP contribution is 2.65. The Kier molecular flexibility index (Phi) is 9.91. The number of carboxylic acid groups (broad SMARTS) is 2. The molecule has 12 nitrogen and oxygen atoms in total. The van der Waals surface area contributed by atoms with Gasteiger partial charge in [-0.05, 0) is 25.8 Å². The summed E-state index contributed by atoms with van der Waals surface area (Å²) in [6.07, 6.45) is -0.555. The number of carboxylic acids is 2. The normalized spacial score (nSPS) is 18.9. The van der Waals surface area contributed by atoms with Crippen LogP contribution in [-0.4, -0.2) is 83.1 Å². The molecule has 1 fully saturated rings. The number of nitrogens with zero attached hydrogens (tertiary/aromatic N) is 5. The topological polar surface area (TPSA) is 161 Å². The molecule has 17 heteroatoms. The number of nitrogens with one attached hydrogen (secondary N) is 1. The number of carbonyl (C=O) groups excluding carboxylic acids is 1. The maximum Gasteiger partial charge on any atom is 0.490 e. The average molecular weight is 573 g/mol. The first-order valence-electron chi connectivity index (χ1n) is 10.8. The van der Waals surface area contributed by atoms with Gasteiger partial charge in [-0.25, -0.2) is 14.3 Å². The number of halogens is 5. The number of hydrogen-bond acceptors (Lipinski definition) is 7. The maximum atomic E-state index is 12.7. The first kappa shape index (κ1) is 30.3. The zero-order valence-electron chi connectivity index (χ0n) is 19.7. The van der Waals surface area contributed by atoms with Crippen molar-refractivity contribution in [3.63, 3.8) is 0 Å². The number of aromatic nitrogens is 5. The maximum absolute atomic E-state index is 12.7. The minimum absolute atomic E-state index is 0.0572. The molecule has 0 saturated heterocycles. The SMILES string of the molecule is CCOCC(C(=O)NCCC1(C)CC1(Cl)Cl)n1cc(Cn2ccc(C(=O)O)n2)nn1.O=C(O)C(F)(F)F. The van der Waals surface area contributed by atoms with Crippen LogP contribution in [0.1, 0.15) is 48.9 Å². The van der Waals surface area contributed by atoms with E-state index >= 15 is 0 Å². The minimum Gasteiger partial charge on any atom is -0.476 e. The highest BCUT2D eigenvalue weighted by molar-refractivity contribution is 6.51. The van der Waals surface area contributed by atoms with E-state index in [-0.39, 0.29) is 30.2 Å². The summed E-state index contributed by atoms with van der Waals surface area (Å²) in [6.45, 7) is 5.09. The van der Waals surface area contributed by atoms with Crippen molar-refractivity contribution in [2.24, 2.45) is 5.41 Å². The van der Waals surface area contributed by atoms with E-state index in [1.807, 2.05) is 13.8 Å². The standard InChI is InChI=1S/C18H24Cl2N6O4.C2HF3O2/c1-3-30-10-14(15(27)21-6-5-17(2)11-18(17,19)20)26-9-12(22-24-26)8-25-7-4-13(23-25)16(28)29;3-2(4,5)1(6)7/h4,7,9,14H,3,5-6,8,10-11H2,1-2H3,(H,21,27)(H,28,29);(H,6,7). The Morgan fingerprint density at radius 2 is 1.92 bits per heavy atom. The van der Waals surface area contributed by atoms with Crippen LogP contribution >= 0.6 is 23.2 Å². The molecule has 2 aromatic heterocycles. The second-order valence-corrected chi connectivity index (χ2v) is 9.84. The minimum atomic E-state index is -5.08. The van der Waals surface area contributed by atoms with Crippen LogP contribution < -0.4 is 5.32 Å². The fourth-order valence-corrected chi connectivity index (χ4v) is 3.84. The van der Waals surface area contributed by atoms with Crippen LogP contribution in [-0.2, 0) is 20.9 Å². The first-order valence-corrected chi connectivity index (χ1v) is 11.6. The fraction of sp³-hybridized carbons (Fsp3) is 0.600. The molecule has 1 saturated carbocycles. The lowest BCUT2D eigenvalue weighted by Gasteiger charge is -2.18. The molecule has 2 atom stereocenters. The van der Waals surface area contributed by atoms with E-state index in [1.54, 1.807) is 12.4 Å². The van der Waals surface area contributed by atoms with Crippen molar-refractivity contribution >= 4 is 41.0 Å². The molecule has 3 N–H and O–H groups in total. The first-order chi connectivity index (χ1) is 17.1. The summed E-state index contributed by atoms with van der Waals surface area (Å²) < 4.78 is 39.3. The Hall–Kier alpha value is -2.91. The molecule has 0 bridgehead atoms. The van der Waals surface area contributed by atoms with Crippen LogP contribution in [0.3, 0.4) is 0 Å². The van der Waals surface area contributed by atoms with E-state index in [9.17, 15) is 22.8 Å². The van der Waals surface area contributed by atoms with Crippen molar-refractivity contribution in [2.45, 2.75) is 49.8 Å². The van der Waals surface area contributed by atoms with Crippen molar-refractivity contribution in [3.8, 4) is 0 Å². The van der Waals surface area contributed by atoms with Crippen molar-refractivity contribution in [3.05, 3.63) is 29.8 Å². The molecule has 0 aromatic carbocycles. The van der Waals surface area contributed by atoms with Crippen LogP contribution in [0, 0.1) is 5.41 Å². The van der Waals surface area contributed by atoms with Gasteiger partial charge in [-0.15, -0.1) is 28.3 Å². The zero-order valence-corrected chi connectivity index (χ0v) is 21.2. The van der Waals surface area contributed by atoms with E-state index < -0.39 is 28.5 Å². The molecule has 1 amide bonds. The van der Waals surface area contributed by atoms with Crippen LogP contribution in [0.2, 0.25) is 0 Å². The van der Waals surface area contributed by atoms with Gasteiger partial charge in [-0.1, -0.05) is 12.1 Å². The third-order valence-electron chi connectivity index (χ3n) is 5.43. The summed E-state index contributed by atoms with van der Waals surface area (Å²) in [4.78, 5) is 32.6. The van der Waals surface area contributed by atoms with Crippen molar-refractivity contribution in [1.82, 2.24) is 30.1 Å². The average Bonchev–Trinajstić information content (AvgIpc) is 3.21. The number of aromatic carboxylic acids is 1. The van der Waals surface area contributed by atoms with E-state index in [4.69, 9.17) is 42.9 Å². The Morgan fingerprint density at radius 1 is 1.30 bits per heavy atom. The molecule has 0 spiro atoms. The van der Waals surface area contributed by atoms with Gasteiger partial charge in [-0.2, -0.15) is 18.3 Å². The van der Waals surface area contributed by atoms with Crippen molar-refractivity contribution < 1.29 is 42.5 Å². The lowest BCUT2D eigenvalue weighted by Crippen LogP contribution is -2.37. The van der Waals surface area contributed by atoms with E-state index in [1.165, 1.54) is 15.4 Å². The number of ether oxygens (including phenoxy) is 1. The number of rotatable bonds is 11. The lowest BCUT2D eigenvalue weighted by atomic mass is 10.1. The van der Waals surface area contributed by atoms with Crippen LogP contribution in [0.15, 0.2) is 18.5 Å². The van der Waals surface area contributed by atoms with Gasteiger partial charge in [0, 0.05) is 24.8 Å². The van der Waals surface area contributed by atoms with E-state index in [0.717, 1.165) is 0 Å². The number of aliphatic carboxylic acids is 1. The Labute approximate surface area is 218 Å². The zero-order chi connectivity index (χ0) is 28.0. The molecule has 3 rings (SSSR count). The van der Waals surface area contributed by atoms with E-state index in [2.05, 4.69) is 20.7 Å². The Morgan fingerprint density at radius 3 is 2.41 bits per heavy atom. The summed E-state index contributed by atoms with van der Waals surface area (Å²) >= 11 is 12.3. The van der Waals surface area contributed by atoms with E-state index in [0.29, 0.717) is 31.7 Å². The summed E-state index contributed by atoms with van der Waals surface area (Å²) in [5.41, 5.74) is 0.278. The van der Waals surface area contributed by atoms with Crippen LogP contribution in [0.5, 0.6) is 0 Å². The summed E-state index contributed by atoms with van der Waals surface area (Å²) in [6, 6.07) is 0.705. The Balaban J connectivity index is 0.000000604. The van der Waals surface area contributed by atoms with Gasteiger partial charge in [0.2, 0.25) is 5.91 Å². The quantitative estimate of drug-likeness (QED) is 0.343. The number of carbonyl (C=O) groups is 3. The molecule has 0 radical (unpaired) electrons. The predicted molar refractivity (Wildman–Crippen MR) is 122 cm³/mol. The number of amides is 1. The van der Waals surface area contributed by atoms with Gasteiger partial charge in [-0.3, -0.25) is 9.48 Å². The van der Waals surface area contributed by atoms with Gasteiger partial charge < -0.3 is 20.3 Å². The molecule has 0 aliphatic heterocycles. The third kappa shape index (κ3) is 8.57. The summed E-state index contributed by atoms with van der Waals surface area (Å²) in [5.74, 6) is -4.11. The molecule has 37 heavy (non-hydrogen) atoms. The molecular weight excluding hydrogens is 548 g/mol. The smallest absolute Gasteiger partial charge is 0.476 e. The summed E-state index contributed by atoms with van der Waals surface area (Å²) in [5, 5.41) is 31.0. The molecule has 2 heterocycles. The van der Waals surface area contributed by atoms with Gasteiger partial charge in [0.05, 0.1) is 19.3 Å². The summed E-state index contributed by atoms with van der Waals surface area (Å²) in [7, 11) is 0. The number of hydrogen-bond donors (Lipinski definition) is 3. The highest BCUT2D eigenvalue weighted by atomic mass is 35.5. The molecule has 206 valence electrons. The van der Waals surface area contributed by atoms with Crippen LogP contribution in [0.25, 0.3) is 0 Å². The van der Waals surface area contributed by atoms with Gasteiger partial charge >= 0.3 is 18.1 Å². The van der Waals surface area contributed by atoms with Gasteiger partial charge in [0.15, 0.2) is 11.7 Å². The van der Waals surface area contributed by atoms with Gasteiger partial charge in [0.1, 0.15) is 10.0 Å². The monoisotopic (exact) mass is 572 g/mol. The van der Waals surface area contributed by atoms with Crippen LogP contribution in [0.4, 0.5) is 13.2 Å². The second kappa shape index (κ2) is 12.1. The second-order valence-electron chi connectivity index (χ2n) is 8.35. The highest BCUT2D eigenvalue weighted by Gasteiger charge is 2.62.